The van der Waals surface area contributed by atoms with E-state index in [-0.39, 0.29) is 11.9 Å². The summed E-state index contributed by atoms with van der Waals surface area (Å²) in [6.07, 6.45) is 4.66. The van der Waals surface area contributed by atoms with E-state index in [4.69, 9.17) is 27.9 Å². The average molecular weight is 315 g/mol. The van der Waals surface area contributed by atoms with Crippen molar-refractivity contribution in [2.24, 2.45) is 11.8 Å². The lowest BCUT2D eigenvalue weighted by molar-refractivity contribution is -0.112. The highest BCUT2D eigenvalue weighted by atomic mass is 35.5. The molecule has 1 saturated carbocycles. The maximum absolute atomic E-state index is 11.9. The van der Waals surface area contributed by atoms with Crippen LogP contribution >= 0.6 is 23.2 Å². The first-order chi connectivity index (χ1) is 9.60. The number of rotatable bonds is 4. The van der Waals surface area contributed by atoms with E-state index in [9.17, 15) is 9.59 Å². The third kappa shape index (κ3) is 3.97. The smallest absolute Gasteiger partial charge is 0.338 e. The summed E-state index contributed by atoms with van der Waals surface area (Å²) in [7, 11) is 0. The number of hydrogen-bond acceptors (Lipinski definition) is 3. The molecule has 0 heterocycles. The number of benzene rings is 1. The topological polar surface area (TPSA) is 43.4 Å². The quantitative estimate of drug-likeness (QED) is 0.619. The SMILES string of the molecule is O=CC1CCC(COC(=O)c2ccc(Cl)c(Cl)c2)CC1. The van der Waals surface area contributed by atoms with Crippen LogP contribution in [0.4, 0.5) is 0 Å². The maximum atomic E-state index is 11.9. The molecule has 108 valence electrons. The molecule has 0 saturated heterocycles. The number of hydrogen-bond donors (Lipinski definition) is 0. The van der Waals surface area contributed by atoms with Crippen molar-refractivity contribution in [1.29, 1.82) is 0 Å². The Morgan fingerprint density at radius 1 is 1.20 bits per heavy atom. The molecule has 0 spiro atoms. The molecule has 1 aliphatic rings. The van der Waals surface area contributed by atoms with E-state index in [0.717, 1.165) is 32.0 Å². The summed E-state index contributed by atoms with van der Waals surface area (Å²) >= 11 is 11.7. The molecule has 0 unspecified atom stereocenters. The van der Waals surface area contributed by atoms with Gasteiger partial charge in [0, 0.05) is 5.92 Å². The van der Waals surface area contributed by atoms with Gasteiger partial charge in [0.1, 0.15) is 6.29 Å². The third-order valence-electron chi connectivity index (χ3n) is 3.69. The number of esters is 1. The molecule has 3 nitrogen and oxygen atoms in total. The lowest BCUT2D eigenvalue weighted by Crippen LogP contribution is -2.21. The lowest BCUT2D eigenvalue weighted by Gasteiger charge is -2.24. The van der Waals surface area contributed by atoms with Gasteiger partial charge in [-0.2, -0.15) is 0 Å². The van der Waals surface area contributed by atoms with Crippen LogP contribution in [-0.2, 0) is 9.53 Å². The van der Waals surface area contributed by atoms with Gasteiger partial charge in [0.25, 0.3) is 0 Å². The molecule has 1 aliphatic carbocycles. The minimum Gasteiger partial charge on any atom is -0.462 e. The molecular weight excluding hydrogens is 299 g/mol. The van der Waals surface area contributed by atoms with Crippen molar-refractivity contribution in [2.45, 2.75) is 25.7 Å². The Morgan fingerprint density at radius 3 is 2.50 bits per heavy atom. The van der Waals surface area contributed by atoms with Gasteiger partial charge in [-0.05, 0) is 49.8 Å². The number of ether oxygens (including phenoxy) is 1. The van der Waals surface area contributed by atoms with Gasteiger partial charge in [0.2, 0.25) is 0 Å². The van der Waals surface area contributed by atoms with Crippen LogP contribution in [0.25, 0.3) is 0 Å². The molecule has 0 aliphatic heterocycles. The zero-order chi connectivity index (χ0) is 14.5. The van der Waals surface area contributed by atoms with Crippen molar-refractivity contribution in [1.82, 2.24) is 0 Å². The standard InChI is InChI=1S/C15H16Cl2O3/c16-13-6-5-12(7-14(13)17)15(19)20-9-11-3-1-10(8-18)2-4-11/h5-8,10-11H,1-4,9H2. The molecular formula is C15H16Cl2O3. The Hall–Kier alpha value is -1.06. The van der Waals surface area contributed by atoms with Gasteiger partial charge in [-0.3, -0.25) is 0 Å². The fourth-order valence-corrected chi connectivity index (χ4v) is 2.69. The van der Waals surface area contributed by atoms with E-state index in [1.165, 1.54) is 6.07 Å². The highest BCUT2D eigenvalue weighted by Crippen LogP contribution is 2.28. The van der Waals surface area contributed by atoms with E-state index in [1.807, 2.05) is 0 Å². The Morgan fingerprint density at radius 2 is 1.90 bits per heavy atom. The van der Waals surface area contributed by atoms with Crippen molar-refractivity contribution in [3.63, 3.8) is 0 Å². The summed E-state index contributed by atoms with van der Waals surface area (Å²) in [4.78, 5) is 22.6. The largest absolute Gasteiger partial charge is 0.462 e. The van der Waals surface area contributed by atoms with Crippen LogP contribution in [-0.4, -0.2) is 18.9 Å². The molecule has 0 atom stereocenters. The van der Waals surface area contributed by atoms with Crippen molar-refractivity contribution < 1.29 is 14.3 Å². The maximum Gasteiger partial charge on any atom is 0.338 e. The minimum absolute atomic E-state index is 0.178. The van der Waals surface area contributed by atoms with Crippen LogP contribution in [0.1, 0.15) is 36.0 Å². The predicted molar refractivity (Wildman–Crippen MR) is 78.3 cm³/mol. The summed E-state index contributed by atoms with van der Waals surface area (Å²) in [6.45, 7) is 0.394. The normalized spacial score (nSPS) is 22.3. The average Bonchev–Trinajstić information content (AvgIpc) is 2.48. The molecule has 5 heteroatoms. The molecule has 0 amide bonds. The second-order valence-corrected chi connectivity index (χ2v) is 5.96. The molecule has 20 heavy (non-hydrogen) atoms. The van der Waals surface area contributed by atoms with Gasteiger partial charge in [-0.15, -0.1) is 0 Å². The Balaban J connectivity index is 1.83. The fraction of sp³-hybridized carbons (Fsp3) is 0.467. The van der Waals surface area contributed by atoms with E-state index >= 15 is 0 Å². The van der Waals surface area contributed by atoms with Crippen LogP contribution in [0.5, 0.6) is 0 Å². The summed E-state index contributed by atoms with van der Waals surface area (Å²) < 4.78 is 5.30. The van der Waals surface area contributed by atoms with Crippen molar-refractivity contribution >= 4 is 35.5 Å². The number of carbonyl (C=O) groups excluding carboxylic acids is 2. The van der Waals surface area contributed by atoms with Gasteiger partial charge < -0.3 is 9.53 Å². The van der Waals surface area contributed by atoms with E-state index in [0.29, 0.717) is 28.1 Å². The number of halogens is 2. The minimum atomic E-state index is -0.388. The first kappa shape index (κ1) is 15.3. The molecule has 0 radical (unpaired) electrons. The van der Waals surface area contributed by atoms with Crippen molar-refractivity contribution in [3.05, 3.63) is 33.8 Å². The van der Waals surface area contributed by atoms with E-state index in [1.54, 1.807) is 12.1 Å². The van der Waals surface area contributed by atoms with Gasteiger partial charge in [0.15, 0.2) is 0 Å². The number of aldehydes is 1. The summed E-state index contributed by atoms with van der Waals surface area (Å²) in [6, 6.07) is 4.69. The van der Waals surface area contributed by atoms with Crippen LogP contribution < -0.4 is 0 Å². The molecule has 1 aromatic rings. The Bertz CT molecular complexity index is 494. The summed E-state index contributed by atoms with van der Waals surface area (Å²) in [5.41, 5.74) is 0.404. The molecule has 2 rings (SSSR count). The van der Waals surface area contributed by atoms with Gasteiger partial charge in [-0.1, -0.05) is 23.2 Å². The monoisotopic (exact) mass is 314 g/mol. The van der Waals surface area contributed by atoms with Crippen LogP contribution in [0, 0.1) is 11.8 Å². The Kier molecular flexibility index (Phi) is 5.44. The van der Waals surface area contributed by atoms with E-state index in [2.05, 4.69) is 0 Å². The fourth-order valence-electron chi connectivity index (χ4n) is 2.39. The lowest BCUT2D eigenvalue weighted by atomic mass is 9.83. The number of carbonyl (C=O) groups is 2. The molecule has 0 N–H and O–H groups in total. The first-order valence-corrected chi connectivity index (χ1v) is 7.43. The predicted octanol–water partition coefficient (Wildman–Crippen LogP) is 4.16. The first-order valence-electron chi connectivity index (χ1n) is 6.67. The second kappa shape index (κ2) is 7.09. The molecule has 1 aromatic carbocycles. The van der Waals surface area contributed by atoms with Gasteiger partial charge in [-0.25, -0.2) is 4.79 Å². The Labute approximate surface area is 128 Å². The molecule has 1 fully saturated rings. The molecule has 0 bridgehead atoms. The van der Waals surface area contributed by atoms with Crippen LogP contribution in [0.15, 0.2) is 18.2 Å². The third-order valence-corrected chi connectivity index (χ3v) is 4.43. The second-order valence-electron chi connectivity index (χ2n) is 5.14. The summed E-state index contributed by atoms with van der Waals surface area (Å²) in [5, 5.41) is 0.753. The highest BCUT2D eigenvalue weighted by molar-refractivity contribution is 6.42. The van der Waals surface area contributed by atoms with Crippen LogP contribution in [0.2, 0.25) is 10.0 Å². The zero-order valence-electron chi connectivity index (χ0n) is 11.0. The van der Waals surface area contributed by atoms with Crippen molar-refractivity contribution in [2.75, 3.05) is 6.61 Å². The molecule has 0 aromatic heterocycles. The summed E-state index contributed by atoms with van der Waals surface area (Å²) in [5.74, 6) is 0.135. The van der Waals surface area contributed by atoms with Crippen LogP contribution in [0.3, 0.4) is 0 Å². The van der Waals surface area contributed by atoms with Crippen molar-refractivity contribution in [3.8, 4) is 0 Å². The highest BCUT2D eigenvalue weighted by Gasteiger charge is 2.22. The van der Waals surface area contributed by atoms with Gasteiger partial charge >= 0.3 is 5.97 Å². The van der Waals surface area contributed by atoms with Gasteiger partial charge in [0.05, 0.1) is 22.2 Å². The van der Waals surface area contributed by atoms with E-state index < -0.39 is 0 Å². The zero-order valence-corrected chi connectivity index (χ0v) is 12.5.